The fourth-order valence-electron chi connectivity index (χ4n) is 1.69. The van der Waals surface area contributed by atoms with Gasteiger partial charge < -0.3 is 15.4 Å². The second kappa shape index (κ2) is 5.11. The number of nitrogens with one attached hydrogen (secondary N) is 2. The van der Waals surface area contributed by atoms with Crippen LogP contribution in [0.1, 0.15) is 19.8 Å². The van der Waals surface area contributed by atoms with E-state index in [1.165, 1.54) is 7.11 Å². The number of rotatable bonds is 3. The maximum absolute atomic E-state index is 11.8. The summed E-state index contributed by atoms with van der Waals surface area (Å²) in [7, 11) is 1.30. The highest BCUT2D eigenvalue weighted by Gasteiger charge is 2.34. The molecule has 1 atom stereocenters. The molecule has 1 aliphatic heterocycles. The molecule has 0 aromatic rings. The van der Waals surface area contributed by atoms with Crippen molar-refractivity contribution < 1.29 is 14.3 Å². The Labute approximate surface area is 89.6 Å². The highest BCUT2D eigenvalue weighted by molar-refractivity contribution is 5.86. The monoisotopic (exact) mass is 214 g/mol. The maximum Gasteiger partial charge on any atom is 0.325 e. The standard InChI is InChI=1S/C10H18N2O3/c1-10(4-3-5-11-7-10)9(14)12-6-8(13)15-2/h11H,3-7H2,1-2H3,(H,12,14). The van der Waals surface area contributed by atoms with E-state index < -0.39 is 11.4 Å². The highest BCUT2D eigenvalue weighted by Crippen LogP contribution is 2.25. The maximum atomic E-state index is 11.8. The van der Waals surface area contributed by atoms with Crippen LogP contribution in [-0.4, -0.2) is 38.6 Å². The van der Waals surface area contributed by atoms with Gasteiger partial charge in [-0.15, -0.1) is 0 Å². The number of hydrogen-bond donors (Lipinski definition) is 2. The van der Waals surface area contributed by atoms with Crippen LogP contribution < -0.4 is 10.6 Å². The van der Waals surface area contributed by atoms with Crippen molar-refractivity contribution in [2.75, 3.05) is 26.7 Å². The van der Waals surface area contributed by atoms with Crippen LogP contribution in [0.3, 0.4) is 0 Å². The molecule has 15 heavy (non-hydrogen) atoms. The lowest BCUT2D eigenvalue weighted by atomic mass is 9.82. The average Bonchev–Trinajstić information content (AvgIpc) is 2.26. The van der Waals surface area contributed by atoms with Gasteiger partial charge in [0.15, 0.2) is 0 Å². The van der Waals surface area contributed by atoms with E-state index >= 15 is 0 Å². The zero-order valence-electron chi connectivity index (χ0n) is 9.26. The second-order valence-electron chi connectivity index (χ2n) is 4.10. The number of piperidine rings is 1. The lowest BCUT2D eigenvalue weighted by molar-refractivity contribution is -0.142. The Morgan fingerprint density at radius 1 is 1.53 bits per heavy atom. The molecule has 1 unspecified atom stereocenters. The molecular formula is C10H18N2O3. The summed E-state index contributed by atoms with van der Waals surface area (Å²) in [6.07, 6.45) is 1.84. The van der Waals surface area contributed by atoms with Gasteiger partial charge in [-0.3, -0.25) is 9.59 Å². The normalized spacial score (nSPS) is 25.7. The third kappa shape index (κ3) is 3.20. The third-order valence-electron chi connectivity index (χ3n) is 2.77. The number of amides is 1. The number of esters is 1. The van der Waals surface area contributed by atoms with Gasteiger partial charge in [-0.25, -0.2) is 0 Å². The number of ether oxygens (including phenoxy) is 1. The van der Waals surface area contributed by atoms with E-state index in [-0.39, 0.29) is 12.5 Å². The van der Waals surface area contributed by atoms with E-state index in [4.69, 9.17) is 0 Å². The van der Waals surface area contributed by atoms with Crippen LogP contribution in [-0.2, 0) is 14.3 Å². The van der Waals surface area contributed by atoms with Crippen molar-refractivity contribution in [3.63, 3.8) is 0 Å². The molecule has 1 heterocycles. The third-order valence-corrected chi connectivity index (χ3v) is 2.77. The summed E-state index contributed by atoms with van der Waals surface area (Å²) in [6, 6.07) is 0. The first kappa shape index (κ1) is 12.0. The Bertz CT molecular complexity index is 247. The van der Waals surface area contributed by atoms with Crippen LogP contribution in [0.25, 0.3) is 0 Å². The van der Waals surface area contributed by atoms with Crippen molar-refractivity contribution in [1.82, 2.24) is 10.6 Å². The first-order chi connectivity index (χ1) is 7.08. The molecule has 0 radical (unpaired) electrons. The van der Waals surface area contributed by atoms with E-state index in [0.717, 1.165) is 19.4 Å². The zero-order chi connectivity index (χ0) is 11.3. The van der Waals surface area contributed by atoms with Crippen molar-refractivity contribution in [1.29, 1.82) is 0 Å². The van der Waals surface area contributed by atoms with Gasteiger partial charge in [-0.1, -0.05) is 0 Å². The molecule has 1 rings (SSSR count). The van der Waals surface area contributed by atoms with Gasteiger partial charge in [-0.2, -0.15) is 0 Å². The Morgan fingerprint density at radius 3 is 2.80 bits per heavy atom. The van der Waals surface area contributed by atoms with Crippen molar-refractivity contribution in [2.45, 2.75) is 19.8 Å². The molecule has 2 N–H and O–H groups in total. The quantitative estimate of drug-likeness (QED) is 0.631. The summed E-state index contributed by atoms with van der Waals surface area (Å²) in [5, 5.41) is 5.77. The average molecular weight is 214 g/mol. The largest absolute Gasteiger partial charge is 0.468 e. The minimum Gasteiger partial charge on any atom is -0.468 e. The molecule has 0 aliphatic carbocycles. The van der Waals surface area contributed by atoms with Gasteiger partial charge in [-0.05, 0) is 26.3 Å². The summed E-state index contributed by atoms with van der Waals surface area (Å²) in [4.78, 5) is 22.6. The van der Waals surface area contributed by atoms with E-state index in [0.29, 0.717) is 6.54 Å². The zero-order valence-corrected chi connectivity index (χ0v) is 9.26. The van der Waals surface area contributed by atoms with Gasteiger partial charge in [0.1, 0.15) is 6.54 Å². The molecule has 86 valence electrons. The summed E-state index contributed by atoms with van der Waals surface area (Å²) < 4.78 is 4.45. The Morgan fingerprint density at radius 2 is 2.27 bits per heavy atom. The van der Waals surface area contributed by atoms with Crippen molar-refractivity contribution >= 4 is 11.9 Å². The van der Waals surface area contributed by atoms with Crippen LogP contribution in [0.4, 0.5) is 0 Å². The fraction of sp³-hybridized carbons (Fsp3) is 0.800. The van der Waals surface area contributed by atoms with Crippen LogP contribution in [0.5, 0.6) is 0 Å². The van der Waals surface area contributed by atoms with Gasteiger partial charge in [0.05, 0.1) is 12.5 Å². The van der Waals surface area contributed by atoms with Gasteiger partial charge in [0.2, 0.25) is 5.91 Å². The summed E-state index contributed by atoms with van der Waals surface area (Å²) in [6.45, 7) is 3.48. The number of methoxy groups -OCH3 is 1. The SMILES string of the molecule is COC(=O)CNC(=O)C1(C)CCCNC1. The number of hydrogen-bond acceptors (Lipinski definition) is 4. The van der Waals surface area contributed by atoms with Crippen LogP contribution in [0, 0.1) is 5.41 Å². The molecule has 0 saturated carbocycles. The second-order valence-corrected chi connectivity index (χ2v) is 4.10. The molecule has 1 amide bonds. The number of carbonyl (C=O) groups excluding carboxylic acids is 2. The summed E-state index contributed by atoms with van der Waals surface area (Å²) in [5.41, 5.74) is -0.397. The molecule has 0 aromatic carbocycles. The van der Waals surface area contributed by atoms with Crippen LogP contribution in [0.2, 0.25) is 0 Å². The molecule has 5 nitrogen and oxygen atoms in total. The van der Waals surface area contributed by atoms with Crippen LogP contribution in [0.15, 0.2) is 0 Å². The Hall–Kier alpha value is -1.10. The van der Waals surface area contributed by atoms with Crippen LogP contribution >= 0.6 is 0 Å². The predicted molar refractivity (Wildman–Crippen MR) is 55.2 cm³/mol. The predicted octanol–water partition coefficient (Wildman–Crippen LogP) is -0.335. The summed E-state index contributed by atoms with van der Waals surface area (Å²) >= 11 is 0. The van der Waals surface area contributed by atoms with Crippen molar-refractivity contribution in [3.8, 4) is 0 Å². The molecule has 0 spiro atoms. The smallest absolute Gasteiger partial charge is 0.325 e. The highest BCUT2D eigenvalue weighted by atomic mass is 16.5. The topological polar surface area (TPSA) is 67.4 Å². The number of carbonyl (C=O) groups is 2. The molecule has 1 saturated heterocycles. The minimum atomic E-state index is -0.421. The molecule has 1 fully saturated rings. The molecule has 0 aromatic heterocycles. The van der Waals surface area contributed by atoms with E-state index in [2.05, 4.69) is 15.4 Å². The van der Waals surface area contributed by atoms with E-state index in [1.807, 2.05) is 6.92 Å². The first-order valence-corrected chi connectivity index (χ1v) is 5.14. The van der Waals surface area contributed by atoms with Crippen molar-refractivity contribution in [2.24, 2.45) is 5.41 Å². The minimum absolute atomic E-state index is 0.0507. The van der Waals surface area contributed by atoms with E-state index in [9.17, 15) is 9.59 Å². The molecule has 0 bridgehead atoms. The van der Waals surface area contributed by atoms with E-state index in [1.54, 1.807) is 0 Å². The fourth-order valence-corrected chi connectivity index (χ4v) is 1.69. The van der Waals surface area contributed by atoms with Crippen molar-refractivity contribution in [3.05, 3.63) is 0 Å². The summed E-state index contributed by atoms with van der Waals surface area (Å²) in [5.74, 6) is -0.504. The van der Waals surface area contributed by atoms with Gasteiger partial charge in [0, 0.05) is 6.54 Å². The van der Waals surface area contributed by atoms with Gasteiger partial charge in [0.25, 0.3) is 0 Å². The lowest BCUT2D eigenvalue weighted by Gasteiger charge is -2.32. The lowest BCUT2D eigenvalue weighted by Crippen LogP contribution is -2.49. The Kier molecular flexibility index (Phi) is 4.08. The molecule has 5 heteroatoms. The molecule has 1 aliphatic rings. The van der Waals surface area contributed by atoms with Gasteiger partial charge >= 0.3 is 5.97 Å². The first-order valence-electron chi connectivity index (χ1n) is 5.14. The molecular weight excluding hydrogens is 196 g/mol. The Balaban J connectivity index is 2.41.